The lowest BCUT2D eigenvalue weighted by molar-refractivity contribution is -0.123. The van der Waals surface area contributed by atoms with Crippen LogP contribution in [0.5, 0.6) is 11.5 Å². The van der Waals surface area contributed by atoms with E-state index >= 15 is 0 Å². The summed E-state index contributed by atoms with van der Waals surface area (Å²) in [6, 6.07) is 27.6. The molecule has 0 bridgehead atoms. The van der Waals surface area contributed by atoms with E-state index in [0.717, 1.165) is 39.2 Å². The highest BCUT2D eigenvalue weighted by molar-refractivity contribution is 8.18. The van der Waals surface area contributed by atoms with E-state index in [2.05, 4.69) is 6.07 Å². The molecule has 1 aliphatic heterocycles. The number of nitrogens with zero attached hydrogens (tertiary/aromatic N) is 1. The molecule has 1 aliphatic rings. The number of imide groups is 1. The summed E-state index contributed by atoms with van der Waals surface area (Å²) in [4.78, 5) is 27.4. The van der Waals surface area contributed by atoms with Crippen LogP contribution >= 0.6 is 11.8 Å². The van der Waals surface area contributed by atoms with E-state index in [1.807, 2.05) is 85.8 Å². The van der Waals surface area contributed by atoms with Crippen molar-refractivity contribution in [2.75, 3.05) is 7.11 Å². The largest absolute Gasteiger partial charge is 0.493 e. The van der Waals surface area contributed by atoms with Crippen LogP contribution in [0.25, 0.3) is 16.8 Å². The number of ether oxygens (including phenoxy) is 2. The van der Waals surface area contributed by atoms with Crippen LogP contribution in [0.15, 0.2) is 89.8 Å². The van der Waals surface area contributed by atoms with Crippen molar-refractivity contribution in [1.29, 1.82) is 0 Å². The number of hydrogen-bond acceptors (Lipinski definition) is 5. The zero-order chi connectivity index (χ0) is 25.1. The minimum atomic E-state index is -0.295. The molecule has 0 radical (unpaired) electrons. The van der Waals surface area contributed by atoms with Crippen molar-refractivity contribution in [2.24, 2.45) is 0 Å². The minimum Gasteiger partial charge on any atom is -0.493 e. The van der Waals surface area contributed by atoms with Crippen LogP contribution in [-0.4, -0.2) is 23.2 Å². The van der Waals surface area contributed by atoms with Gasteiger partial charge >= 0.3 is 0 Å². The van der Waals surface area contributed by atoms with Crippen LogP contribution in [0.2, 0.25) is 0 Å². The van der Waals surface area contributed by atoms with Gasteiger partial charge in [-0.1, -0.05) is 72.3 Å². The number of fused-ring (bicyclic) bond motifs is 1. The molecule has 2 amide bonds. The summed E-state index contributed by atoms with van der Waals surface area (Å²) in [7, 11) is 1.58. The molecular weight excluding hydrogens is 470 g/mol. The van der Waals surface area contributed by atoms with Gasteiger partial charge in [0.15, 0.2) is 11.5 Å². The zero-order valence-electron chi connectivity index (χ0n) is 20.1. The highest BCUT2D eigenvalue weighted by Crippen LogP contribution is 2.35. The number of carbonyl (C=O) groups excluding carboxylic acids is 2. The molecule has 0 N–H and O–H groups in total. The summed E-state index contributed by atoms with van der Waals surface area (Å²) in [6.45, 7) is 2.70. The van der Waals surface area contributed by atoms with E-state index in [-0.39, 0.29) is 17.7 Å². The Kier molecular flexibility index (Phi) is 6.78. The first-order chi connectivity index (χ1) is 17.5. The Hall–Kier alpha value is -4.03. The quantitative estimate of drug-likeness (QED) is 0.259. The van der Waals surface area contributed by atoms with E-state index in [1.165, 1.54) is 10.5 Å². The molecule has 4 aromatic carbocycles. The molecule has 1 fully saturated rings. The SMILES string of the molecule is COc1cc(/C=C2\SC(=O)N(Cc3ccc4ccccc4c3)C2=O)ccc1OCc1cccc(C)c1. The van der Waals surface area contributed by atoms with E-state index in [1.54, 1.807) is 13.2 Å². The average molecular weight is 496 g/mol. The first-order valence-electron chi connectivity index (χ1n) is 11.6. The molecule has 1 heterocycles. The lowest BCUT2D eigenvalue weighted by Gasteiger charge is -2.13. The lowest BCUT2D eigenvalue weighted by atomic mass is 10.1. The monoisotopic (exact) mass is 495 g/mol. The van der Waals surface area contributed by atoms with Gasteiger partial charge in [-0.3, -0.25) is 14.5 Å². The van der Waals surface area contributed by atoms with Crippen LogP contribution in [0.1, 0.15) is 22.3 Å². The molecule has 180 valence electrons. The van der Waals surface area contributed by atoms with Gasteiger partial charge in [0.2, 0.25) is 0 Å². The predicted molar refractivity (Wildman–Crippen MR) is 144 cm³/mol. The topological polar surface area (TPSA) is 55.8 Å². The third kappa shape index (κ3) is 5.14. The Morgan fingerprint density at radius 1 is 0.833 bits per heavy atom. The molecule has 1 saturated heterocycles. The number of thioether (sulfide) groups is 1. The van der Waals surface area contributed by atoms with Crippen LogP contribution in [-0.2, 0) is 17.9 Å². The number of aryl methyl sites for hydroxylation is 1. The van der Waals surface area contributed by atoms with Crippen molar-refractivity contribution >= 4 is 39.8 Å². The van der Waals surface area contributed by atoms with Gasteiger partial charge in [0.1, 0.15) is 6.61 Å². The molecule has 36 heavy (non-hydrogen) atoms. The molecule has 0 aromatic heterocycles. The second-order valence-electron chi connectivity index (χ2n) is 8.64. The normalized spacial score (nSPS) is 14.6. The third-order valence-electron chi connectivity index (χ3n) is 5.99. The predicted octanol–water partition coefficient (Wildman–Crippen LogP) is 6.97. The number of amides is 2. The smallest absolute Gasteiger partial charge is 0.293 e. The molecule has 0 saturated carbocycles. The maximum absolute atomic E-state index is 13.1. The number of carbonyl (C=O) groups is 2. The Morgan fingerprint density at radius 2 is 1.67 bits per heavy atom. The van der Waals surface area contributed by atoms with Crippen LogP contribution in [0.4, 0.5) is 4.79 Å². The molecular formula is C30H25NO4S. The highest BCUT2D eigenvalue weighted by Gasteiger charge is 2.35. The van der Waals surface area contributed by atoms with Crippen molar-refractivity contribution in [3.63, 3.8) is 0 Å². The first kappa shape index (κ1) is 23.7. The maximum atomic E-state index is 13.1. The number of methoxy groups -OCH3 is 1. The number of rotatable bonds is 7. The van der Waals surface area contributed by atoms with E-state index < -0.39 is 0 Å². The van der Waals surface area contributed by atoms with Gasteiger partial charge in [-0.15, -0.1) is 0 Å². The Bertz CT molecular complexity index is 1490. The van der Waals surface area contributed by atoms with Gasteiger partial charge in [-0.2, -0.15) is 0 Å². The van der Waals surface area contributed by atoms with Crippen LogP contribution in [0.3, 0.4) is 0 Å². The summed E-state index contributed by atoms with van der Waals surface area (Å²) in [6.07, 6.45) is 1.72. The van der Waals surface area contributed by atoms with Crippen molar-refractivity contribution in [3.8, 4) is 11.5 Å². The average Bonchev–Trinajstić information content (AvgIpc) is 3.15. The fourth-order valence-electron chi connectivity index (χ4n) is 4.16. The highest BCUT2D eigenvalue weighted by atomic mass is 32.2. The summed E-state index contributed by atoms with van der Waals surface area (Å²) in [5.41, 5.74) is 3.91. The van der Waals surface area contributed by atoms with Crippen molar-refractivity contribution in [2.45, 2.75) is 20.1 Å². The summed E-state index contributed by atoms with van der Waals surface area (Å²) in [5, 5.41) is 1.93. The van der Waals surface area contributed by atoms with Crippen LogP contribution in [0, 0.1) is 6.92 Å². The molecule has 0 atom stereocenters. The van der Waals surface area contributed by atoms with Gasteiger partial charge < -0.3 is 9.47 Å². The maximum Gasteiger partial charge on any atom is 0.293 e. The summed E-state index contributed by atoms with van der Waals surface area (Å²) in [5.74, 6) is 0.879. The molecule has 0 spiro atoms. The number of benzene rings is 4. The van der Waals surface area contributed by atoms with Crippen LogP contribution < -0.4 is 9.47 Å². The molecule has 0 aliphatic carbocycles. The molecule has 0 unspecified atom stereocenters. The summed E-state index contributed by atoms with van der Waals surface area (Å²) < 4.78 is 11.5. The second-order valence-corrected chi connectivity index (χ2v) is 9.63. The molecule has 5 nitrogen and oxygen atoms in total. The van der Waals surface area contributed by atoms with Gasteiger partial charge in [0.25, 0.3) is 11.1 Å². The molecule has 4 aromatic rings. The molecule has 6 heteroatoms. The van der Waals surface area contributed by atoms with Gasteiger partial charge in [0.05, 0.1) is 18.6 Å². The van der Waals surface area contributed by atoms with Gasteiger partial charge in [-0.05, 0) is 70.4 Å². The van der Waals surface area contributed by atoms with Crippen molar-refractivity contribution in [3.05, 3.63) is 112 Å². The first-order valence-corrected chi connectivity index (χ1v) is 12.4. The van der Waals surface area contributed by atoms with Gasteiger partial charge in [-0.25, -0.2) is 0 Å². The third-order valence-corrected chi connectivity index (χ3v) is 6.90. The standard InChI is InChI=1S/C30H25NO4S/c1-20-6-5-7-23(14-20)19-35-26-13-11-21(16-27(26)34-2)17-28-29(32)31(30(33)36-28)18-22-10-12-24-8-3-4-9-25(24)15-22/h3-17H,18-19H2,1-2H3/b28-17-. The Morgan fingerprint density at radius 3 is 2.47 bits per heavy atom. The number of hydrogen-bond donors (Lipinski definition) is 0. The Labute approximate surface area is 214 Å². The fourth-order valence-corrected chi connectivity index (χ4v) is 5.00. The minimum absolute atomic E-state index is 0.238. The van der Waals surface area contributed by atoms with Gasteiger partial charge in [0, 0.05) is 0 Å². The summed E-state index contributed by atoms with van der Waals surface area (Å²) >= 11 is 0.952. The second kappa shape index (κ2) is 10.3. The lowest BCUT2D eigenvalue weighted by Crippen LogP contribution is -2.27. The fraction of sp³-hybridized carbons (Fsp3) is 0.133. The van der Waals surface area contributed by atoms with Crippen molar-refractivity contribution < 1.29 is 19.1 Å². The van der Waals surface area contributed by atoms with Crippen molar-refractivity contribution in [1.82, 2.24) is 4.90 Å². The zero-order valence-corrected chi connectivity index (χ0v) is 20.9. The van der Waals surface area contributed by atoms with E-state index in [4.69, 9.17) is 9.47 Å². The van der Waals surface area contributed by atoms with E-state index in [9.17, 15) is 9.59 Å². The Balaban J connectivity index is 1.31. The molecule has 5 rings (SSSR count). The van der Waals surface area contributed by atoms with E-state index in [0.29, 0.717) is 23.0 Å².